The number of guanidine groups is 1. The van der Waals surface area contributed by atoms with Crippen molar-refractivity contribution in [2.45, 2.75) is 31.7 Å². The second kappa shape index (κ2) is 13.7. The number of alkyl halides is 3. The molecular formula is C20H30F3IN4O3. The van der Waals surface area contributed by atoms with Crippen LogP contribution in [0.15, 0.2) is 29.3 Å². The SMILES string of the molecule is CN(C)C(=O)CNC(=NCc1cccc(C(F)(F)F)c1)NCCCOC1CCOC1.I. The number of likely N-dealkylation sites (N-methyl/N-ethyl adjacent to an activating group) is 1. The van der Waals surface area contributed by atoms with Gasteiger partial charge in [-0.3, -0.25) is 4.79 Å². The van der Waals surface area contributed by atoms with Gasteiger partial charge in [-0.1, -0.05) is 12.1 Å². The van der Waals surface area contributed by atoms with E-state index in [-0.39, 0.29) is 49.1 Å². The molecular weight excluding hydrogens is 528 g/mol. The summed E-state index contributed by atoms with van der Waals surface area (Å²) in [7, 11) is 3.28. The van der Waals surface area contributed by atoms with Gasteiger partial charge in [-0.2, -0.15) is 13.2 Å². The third-order valence-corrected chi connectivity index (χ3v) is 4.43. The van der Waals surface area contributed by atoms with E-state index in [0.717, 1.165) is 25.2 Å². The number of ether oxygens (including phenoxy) is 2. The summed E-state index contributed by atoms with van der Waals surface area (Å²) in [4.78, 5) is 17.6. The molecule has 0 aromatic heterocycles. The van der Waals surface area contributed by atoms with Gasteiger partial charge < -0.3 is 25.0 Å². The zero-order valence-electron chi connectivity index (χ0n) is 17.7. The van der Waals surface area contributed by atoms with Crippen molar-refractivity contribution in [3.63, 3.8) is 0 Å². The Balaban J connectivity index is 0.00000480. The second-order valence-electron chi connectivity index (χ2n) is 7.14. The Kier molecular flexibility index (Phi) is 12.2. The summed E-state index contributed by atoms with van der Waals surface area (Å²) in [6, 6.07) is 5.03. The quantitative estimate of drug-likeness (QED) is 0.211. The van der Waals surface area contributed by atoms with E-state index in [1.165, 1.54) is 11.0 Å². The molecule has 0 spiro atoms. The van der Waals surface area contributed by atoms with E-state index < -0.39 is 11.7 Å². The molecule has 1 aromatic carbocycles. The minimum Gasteiger partial charge on any atom is -0.379 e. The lowest BCUT2D eigenvalue weighted by atomic mass is 10.1. The van der Waals surface area contributed by atoms with Gasteiger partial charge in [0.05, 0.1) is 31.4 Å². The fraction of sp³-hybridized carbons (Fsp3) is 0.600. The van der Waals surface area contributed by atoms with Crippen LogP contribution in [-0.4, -0.2) is 69.9 Å². The Morgan fingerprint density at radius 2 is 2.10 bits per heavy atom. The minimum absolute atomic E-state index is 0. The smallest absolute Gasteiger partial charge is 0.379 e. The van der Waals surface area contributed by atoms with Crippen LogP contribution in [0.5, 0.6) is 0 Å². The molecule has 0 radical (unpaired) electrons. The molecule has 1 saturated heterocycles. The lowest BCUT2D eigenvalue weighted by Crippen LogP contribution is -2.43. The third kappa shape index (κ3) is 10.5. The van der Waals surface area contributed by atoms with Crippen molar-refractivity contribution >= 4 is 35.8 Å². The highest BCUT2D eigenvalue weighted by atomic mass is 127. The van der Waals surface area contributed by atoms with Crippen molar-refractivity contribution in [3.05, 3.63) is 35.4 Å². The van der Waals surface area contributed by atoms with Crippen LogP contribution in [0.3, 0.4) is 0 Å². The Morgan fingerprint density at radius 3 is 2.74 bits per heavy atom. The molecule has 7 nitrogen and oxygen atoms in total. The van der Waals surface area contributed by atoms with E-state index in [2.05, 4.69) is 15.6 Å². The van der Waals surface area contributed by atoms with Gasteiger partial charge in [-0.15, -0.1) is 24.0 Å². The van der Waals surface area contributed by atoms with Crippen LogP contribution in [0.1, 0.15) is 24.0 Å². The highest BCUT2D eigenvalue weighted by Crippen LogP contribution is 2.29. The summed E-state index contributed by atoms with van der Waals surface area (Å²) in [6.07, 6.45) is -2.66. The number of rotatable bonds is 9. The molecule has 176 valence electrons. The van der Waals surface area contributed by atoms with E-state index >= 15 is 0 Å². The Labute approximate surface area is 197 Å². The predicted octanol–water partition coefficient (Wildman–Crippen LogP) is 2.64. The number of nitrogens with one attached hydrogen (secondary N) is 2. The highest BCUT2D eigenvalue weighted by Gasteiger charge is 2.30. The number of carbonyl (C=O) groups is 1. The summed E-state index contributed by atoms with van der Waals surface area (Å²) in [5.41, 5.74) is -0.289. The summed E-state index contributed by atoms with van der Waals surface area (Å²) in [6.45, 7) is 2.50. The van der Waals surface area contributed by atoms with Crippen molar-refractivity contribution in [3.8, 4) is 0 Å². The first-order valence-electron chi connectivity index (χ1n) is 9.83. The minimum atomic E-state index is -4.40. The van der Waals surface area contributed by atoms with Crippen LogP contribution in [-0.2, 0) is 27.0 Å². The Hall–Kier alpha value is -1.60. The molecule has 1 fully saturated rings. The molecule has 1 heterocycles. The van der Waals surface area contributed by atoms with Gasteiger partial charge in [0.25, 0.3) is 0 Å². The zero-order chi connectivity index (χ0) is 22.0. The average Bonchev–Trinajstić information content (AvgIpc) is 3.22. The highest BCUT2D eigenvalue weighted by molar-refractivity contribution is 14.0. The standard InChI is InChI=1S/C20H29F3N4O3.HI/c1-27(2)18(28)13-26-19(24-8-4-9-30-17-7-10-29-14-17)25-12-15-5-3-6-16(11-15)20(21,22)23;/h3,5-6,11,17H,4,7-10,12-14H2,1-2H3,(H2,24,25,26);1H. The number of benzene rings is 1. The lowest BCUT2D eigenvalue weighted by molar-refractivity contribution is -0.137. The summed E-state index contributed by atoms with van der Waals surface area (Å²) in [5, 5.41) is 6.00. The Morgan fingerprint density at radius 1 is 1.32 bits per heavy atom. The largest absolute Gasteiger partial charge is 0.416 e. The van der Waals surface area contributed by atoms with E-state index in [1.807, 2.05) is 0 Å². The van der Waals surface area contributed by atoms with Crippen LogP contribution >= 0.6 is 24.0 Å². The number of aliphatic imine (C=N–C) groups is 1. The molecule has 1 aliphatic rings. The molecule has 0 aliphatic carbocycles. The van der Waals surface area contributed by atoms with Crippen molar-refractivity contribution in [2.24, 2.45) is 4.99 Å². The maximum absolute atomic E-state index is 12.9. The van der Waals surface area contributed by atoms with Gasteiger partial charge >= 0.3 is 6.18 Å². The molecule has 2 N–H and O–H groups in total. The summed E-state index contributed by atoms with van der Waals surface area (Å²) >= 11 is 0. The number of hydrogen-bond donors (Lipinski definition) is 2. The van der Waals surface area contributed by atoms with Crippen LogP contribution in [0, 0.1) is 0 Å². The first-order chi connectivity index (χ1) is 14.3. The van der Waals surface area contributed by atoms with Gasteiger partial charge in [0, 0.05) is 33.9 Å². The van der Waals surface area contributed by atoms with Crippen molar-refractivity contribution in [1.29, 1.82) is 0 Å². The van der Waals surface area contributed by atoms with Gasteiger partial charge in [0.15, 0.2) is 5.96 Å². The molecule has 1 aromatic rings. The molecule has 2 rings (SSSR count). The molecule has 1 amide bonds. The zero-order valence-corrected chi connectivity index (χ0v) is 20.0. The molecule has 11 heteroatoms. The second-order valence-corrected chi connectivity index (χ2v) is 7.14. The van der Waals surface area contributed by atoms with Crippen molar-refractivity contribution < 1.29 is 27.4 Å². The Bertz CT molecular complexity index is 711. The number of hydrogen-bond acceptors (Lipinski definition) is 4. The molecule has 0 bridgehead atoms. The van der Waals surface area contributed by atoms with Gasteiger partial charge in [0.1, 0.15) is 0 Å². The lowest BCUT2D eigenvalue weighted by Gasteiger charge is -2.15. The maximum Gasteiger partial charge on any atom is 0.416 e. The van der Waals surface area contributed by atoms with Crippen LogP contribution in [0.4, 0.5) is 13.2 Å². The monoisotopic (exact) mass is 558 g/mol. The number of halogens is 4. The molecule has 1 aliphatic heterocycles. The van der Waals surface area contributed by atoms with E-state index in [0.29, 0.717) is 37.7 Å². The molecule has 31 heavy (non-hydrogen) atoms. The third-order valence-electron chi connectivity index (χ3n) is 4.43. The molecule has 1 atom stereocenters. The summed E-state index contributed by atoms with van der Waals surface area (Å²) in [5.74, 6) is 0.208. The molecule has 0 saturated carbocycles. The van der Waals surface area contributed by atoms with Gasteiger partial charge in [0.2, 0.25) is 5.91 Å². The fourth-order valence-electron chi connectivity index (χ4n) is 2.68. The van der Waals surface area contributed by atoms with Gasteiger partial charge in [-0.25, -0.2) is 4.99 Å². The number of carbonyl (C=O) groups excluding carboxylic acids is 1. The first-order valence-corrected chi connectivity index (χ1v) is 9.83. The van der Waals surface area contributed by atoms with Crippen LogP contribution in [0.2, 0.25) is 0 Å². The number of nitrogens with zero attached hydrogens (tertiary/aromatic N) is 2. The van der Waals surface area contributed by atoms with Crippen LogP contribution < -0.4 is 10.6 Å². The topological polar surface area (TPSA) is 75.2 Å². The first kappa shape index (κ1) is 27.4. The predicted molar refractivity (Wildman–Crippen MR) is 122 cm³/mol. The van der Waals surface area contributed by atoms with Gasteiger partial charge in [-0.05, 0) is 30.5 Å². The van der Waals surface area contributed by atoms with E-state index in [4.69, 9.17) is 9.47 Å². The summed E-state index contributed by atoms with van der Waals surface area (Å²) < 4.78 is 49.6. The van der Waals surface area contributed by atoms with Crippen molar-refractivity contribution in [1.82, 2.24) is 15.5 Å². The fourth-order valence-corrected chi connectivity index (χ4v) is 2.68. The van der Waals surface area contributed by atoms with E-state index in [1.54, 1.807) is 20.2 Å². The average molecular weight is 558 g/mol. The molecule has 1 unspecified atom stereocenters. The van der Waals surface area contributed by atoms with Crippen LogP contribution in [0.25, 0.3) is 0 Å². The normalized spacial score (nSPS) is 16.5. The van der Waals surface area contributed by atoms with Crippen molar-refractivity contribution in [2.75, 3.05) is 47.0 Å². The maximum atomic E-state index is 12.9. The van der Waals surface area contributed by atoms with E-state index in [9.17, 15) is 18.0 Å². The number of amides is 1.